The zero-order chi connectivity index (χ0) is 11.4. The molecule has 1 aromatic carbocycles. The molecule has 1 aromatic rings. The molecule has 0 bridgehead atoms. The zero-order valence-corrected chi connectivity index (χ0v) is 11.3. The number of amides is 1. The number of benzene rings is 1. The topological polar surface area (TPSA) is 41.5 Å². The molecule has 0 radical (unpaired) electrons. The molecule has 1 amide bonds. The Kier molecular flexibility index (Phi) is 4.00. The number of halogens is 1. The number of amidine groups is 1. The normalized spacial score (nSPS) is 14.4. The molecule has 1 heterocycles. The van der Waals surface area contributed by atoms with Gasteiger partial charge in [-0.2, -0.15) is 0 Å². The lowest BCUT2D eigenvalue weighted by Gasteiger charge is -2.09. The minimum absolute atomic E-state index is 0.105. The van der Waals surface area contributed by atoms with Crippen molar-refractivity contribution in [3.63, 3.8) is 0 Å². The van der Waals surface area contributed by atoms with Crippen molar-refractivity contribution >= 4 is 45.4 Å². The van der Waals surface area contributed by atoms with E-state index >= 15 is 0 Å². The molecule has 0 aromatic heterocycles. The van der Waals surface area contributed by atoms with Crippen molar-refractivity contribution in [3.05, 3.63) is 45.7 Å². The maximum Gasteiger partial charge on any atom is 0.258 e. The second-order valence-corrected chi connectivity index (χ2v) is 5.23. The highest BCUT2D eigenvalue weighted by atomic mass is 127. The number of thioether (sulfide) groups is 1. The van der Waals surface area contributed by atoms with Gasteiger partial charge in [-0.3, -0.25) is 4.79 Å². The number of carbonyl (C=O) groups is 1. The first kappa shape index (κ1) is 11.7. The highest BCUT2D eigenvalue weighted by molar-refractivity contribution is 14.1. The van der Waals surface area contributed by atoms with Crippen molar-refractivity contribution < 1.29 is 4.79 Å². The minimum atomic E-state index is -0.105. The second kappa shape index (κ2) is 5.49. The van der Waals surface area contributed by atoms with E-state index < -0.39 is 0 Å². The molecule has 0 atom stereocenters. The number of nitrogens with zero attached hydrogens (tertiary/aromatic N) is 1. The second-order valence-electron chi connectivity index (χ2n) is 3.06. The maximum atomic E-state index is 11.9. The lowest BCUT2D eigenvalue weighted by Crippen LogP contribution is -2.29. The molecule has 0 fully saturated rings. The van der Waals surface area contributed by atoms with Gasteiger partial charge in [0.05, 0.1) is 5.56 Å². The number of rotatable bonds is 1. The molecule has 1 aliphatic rings. The van der Waals surface area contributed by atoms with Crippen molar-refractivity contribution in [2.24, 2.45) is 4.99 Å². The van der Waals surface area contributed by atoms with E-state index in [1.807, 2.05) is 24.3 Å². The Hall–Kier alpha value is -0.820. The summed E-state index contributed by atoms with van der Waals surface area (Å²) in [7, 11) is 0. The van der Waals surface area contributed by atoms with Gasteiger partial charge >= 0.3 is 0 Å². The molecular formula is C11H9IN2OS. The van der Waals surface area contributed by atoms with Crippen LogP contribution in [0.2, 0.25) is 0 Å². The van der Waals surface area contributed by atoms with Crippen LogP contribution in [0.25, 0.3) is 0 Å². The molecule has 82 valence electrons. The molecule has 1 N–H and O–H groups in total. The first-order chi connectivity index (χ1) is 7.77. The van der Waals surface area contributed by atoms with E-state index in [0.717, 1.165) is 9.32 Å². The van der Waals surface area contributed by atoms with Crippen molar-refractivity contribution in [1.29, 1.82) is 0 Å². The Labute approximate surface area is 112 Å². The summed E-state index contributed by atoms with van der Waals surface area (Å²) in [6.45, 7) is 0. The third-order valence-electron chi connectivity index (χ3n) is 1.95. The van der Waals surface area contributed by atoms with Crippen LogP contribution < -0.4 is 5.32 Å². The van der Waals surface area contributed by atoms with Gasteiger partial charge in [0.2, 0.25) is 0 Å². The van der Waals surface area contributed by atoms with Crippen LogP contribution in [-0.2, 0) is 0 Å². The van der Waals surface area contributed by atoms with Crippen molar-refractivity contribution in [2.75, 3.05) is 5.75 Å². The number of aliphatic imine (C=N–C) groups is 1. The fraction of sp³-hybridized carbons (Fsp3) is 0.0909. The summed E-state index contributed by atoms with van der Waals surface area (Å²) in [6, 6.07) is 7.48. The SMILES string of the molecule is O=C(NC1=NC=CCS1)c1ccccc1I. The molecular weight excluding hydrogens is 335 g/mol. The van der Waals surface area contributed by atoms with Crippen LogP contribution in [0.1, 0.15) is 10.4 Å². The average Bonchev–Trinajstić information content (AvgIpc) is 2.31. The van der Waals surface area contributed by atoms with Gasteiger partial charge in [0.1, 0.15) is 0 Å². The summed E-state index contributed by atoms with van der Waals surface area (Å²) in [4.78, 5) is 16.0. The molecule has 0 saturated carbocycles. The van der Waals surface area contributed by atoms with Crippen LogP contribution in [0, 0.1) is 3.57 Å². The van der Waals surface area contributed by atoms with Gasteiger partial charge in [-0.05, 0) is 34.7 Å². The Bertz CT molecular complexity index is 471. The Morgan fingerprint density at radius 3 is 2.94 bits per heavy atom. The first-order valence-corrected chi connectivity index (χ1v) is 6.75. The Balaban J connectivity index is 2.12. The summed E-state index contributed by atoms with van der Waals surface area (Å²) in [5.41, 5.74) is 0.681. The summed E-state index contributed by atoms with van der Waals surface area (Å²) in [5, 5.41) is 3.45. The van der Waals surface area contributed by atoms with E-state index in [2.05, 4.69) is 32.9 Å². The van der Waals surface area contributed by atoms with Crippen LogP contribution in [0.3, 0.4) is 0 Å². The summed E-state index contributed by atoms with van der Waals surface area (Å²) in [6.07, 6.45) is 3.66. The fourth-order valence-corrected chi connectivity index (χ4v) is 2.48. The Morgan fingerprint density at radius 1 is 1.44 bits per heavy atom. The number of hydrogen-bond acceptors (Lipinski definition) is 3. The lowest BCUT2D eigenvalue weighted by atomic mass is 10.2. The number of nitrogens with one attached hydrogen (secondary N) is 1. The first-order valence-electron chi connectivity index (χ1n) is 4.69. The minimum Gasteiger partial charge on any atom is -0.301 e. The van der Waals surface area contributed by atoms with Crippen LogP contribution in [0.5, 0.6) is 0 Å². The van der Waals surface area contributed by atoms with Gasteiger partial charge in [-0.1, -0.05) is 30.0 Å². The zero-order valence-electron chi connectivity index (χ0n) is 8.31. The highest BCUT2D eigenvalue weighted by Gasteiger charge is 2.12. The molecule has 0 unspecified atom stereocenters. The van der Waals surface area contributed by atoms with Gasteiger partial charge in [0, 0.05) is 15.5 Å². The number of carbonyl (C=O) groups excluding carboxylic acids is 1. The van der Waals surface area contributed by atoms with Crippen LogP contribution in [0.4, 0.5) is 0 Å². The van der Waals surface area contributed by atoms with Crippen LogP contribution >= 0.6 is 34.4 Å². The van der Waals surface area contributed by atoms with Crippen LogP contribution in [0.15, 0.2) is 41.5 Å². The monoisotopic (exact) mass is 344 g/mol. The van der Waals surface area contributed by atoms with Gasteiger partial charge in [0.25, 0.3) is 5.91 Å². The molecule has 3 nitrogen and oxygen atoms in total. The maximum absolute atomic E-state index is 11.9. The molecule has 5 heteroatoms. The van der Waals surface area contributed by atoms with Gasteiger partial charge in [-0.25, -0.2) is 4.99 Å². The van der Waals surface area contributed by atoms with Crippen LogP contribution in [-0.4, -0.2) is 16.8 Å². The predicted octanol–water partition coefficient (Wildman–Crippen LogP) is 2.64. The Morgan fingerprint density at radius 2 is 2.25 bits per heavy atom. The summed E-state index contributed by atoms with van der Waals surface area (Å²) in [5.74, 6) is 0.747. The molecule has 16 heavy (non-hydrogen) atoms. The molecule has 2 rings (SSSR count). The molecule has 0 spiro atoms. The van der Waals surface area contributed by atoms with E-state index in [9.17, 15) is 4.79 Å². The average molecular weight is 344 g/mol. The van der Waals surface area contributed by atoms with Crippen molar-refractivity contribution in [2.45, 2.75) is 0 Å². The quantitative estimate of drug-likeness (QED) is 0.796. The molecule has 0 saturated heterocycles. The van der Waals surface area contributed by atoms with E-state index in [1.165, 1.54) is 11.8 Å². The number of hydrogen-bond donors (Lipinski definition) is 1. The fourth-order valence-electron chi connectivity index (χ4n) is 1.21. The smallest absolute Gasteiger partial charge is 0.258 e. The van der Waals surface area contributed by atoms with Crippen molar-refractivity contribution in [3.8, 4) is 0 Å². The van der Waals surface area contributed by atoms with E-state index in [0.29, 0.717) is 10.7 Å². The predicted molar refractivity (Wildman–Crippen MR) is 75.7 cm³/mol. The lowest BCUT2D eigenvalue weighted by molar-refractivity contribution is 0.0977. The van der Waals surface area contributed by atoms with Gasteiger partial charge < -0.3 is 5.32 Å². The molecule has 1 aliphatic heterocycles. The third-order valence-corrected chi connectivity index (χ3v) is 3.73. The standard InChI is InChI=1S/C11H9IN2OS/c12-9-5-2-1-4-8(9)10(15)14-11-13-6-3-7-16-11/h1-6H,7H2,(H,13,14,15). The highest BCUT2D eigenvalue weighted by Crippen LogP contribution is 2.13. The van der Waals surface area contributed by atoms with Gasteiger partial charge in [0.15, 0.2) is 5.17 Å². The summed E-state index contributed by atoms with van der Waals surface area (Å²) < 4.78 is 0.939. The largest absolute Gasteiger partial charge is 0.301 e. The van der Waals surface area contributed by atoms with E-state index in [-0.39, 0.29) is 5.91 Å². The van der Waals surface area contributed by atoms with E-state index in [4.69, 9.17) is 0 Å². The van der Waals surface area contributed by atoms with E-state index in [1.54, 1.807) is 12.3 Å². The van der Waals surface area contributed by atoms with Gasteiger partial charge in [-0.15, -0.1) is 0 Å². The summed E-state index contributed by atoms with van der Waals surface area (Å²) >= 11 is 3.67. The third kappa shape index (κ3) is 2.85. The molecule has 0 aliphatic carbocycles. The van der Waals surface area contributed by atoms with Crippen molar-refractivity contribution in [1.82, 2.24) is 5.32 Å².